The van der Waals surface area contributed by atoms with Crippen molar-refractivity contribution in [1.82, 2.24) is 5.32 Å². The first-order valence-electron chi connectivity index (χ1n) is 5.75. The van der Waals surface area contributed by atoms with Gasteiger partial charge in [0, 0.05) is 19.6 Å². The molecule has 1 aliphatic rings. The zero-order valence-corrected chi connectivity index (χ0v) is 9.37. The van der Waals surface area contributed by atoms with Gasteiger partial charge in [0.2, 0.25) is 5.91 Å². The Morgan fingerprint density at radius 3 is 3.00 bits per heavy atom. The molecule has 88 valence electrons. The largest absolute Gasteiger partial charge is 0.393 e. The first kappa shape index (κ1) is 12.5. The van der Waals surface area contributed by atoms with Gasteiger partial charge in [0.15, 0.2) is 0 Å². The molecule has 1 aliphatic heterocycles. The van der Waals surface area contributed by atoms with Crippen LogP contribution in [0.5, 0.6) is 0 Å². The monoisotopic (exact) mass is 215 g/mol. The van der Waals surface area contributed by atoms with Gasteiger partial charge in [-0.3, -0.25) is 4.79 Å². The standard InChI is InChI=1S/C11H21NO3/c1-9(13)5-6-11(14)12-8-10-4-2-3-7-15-10/h9-10,13H,2-8H2,1H3,(H,12,14). The summed E-state index contributed by atoms with van der Waals surface area (Å²) in [5.74, 6) is 0.00470. The van der Waals surface area contributed by atoms with E-state index < -0.39 is 6.10 Å². The van der Waals surface area contributed by atoms with Gasteiger partial charge in [-0.05, 0) is 32.6 Å². The predicted molar refractivity (Wildman–Crippen MR) is 57.5 cm³/mol. The Morgan fingerprint density at radius 2 is 2.40 bits per heavy atom. The van der Waals surface area contributed by atoms with Crippen LogP contribution in [0, 0.1) is 0 Å². The molecular weight excluding hydrogens is 194 g/mol. The third kappa shape index (κ3) is 5.74. The smallest absolute Gasteiger partial charge is 0.220 e. The second kappa shape index (κ2) is 6.80. The second-order valence-electron chi connectivity index (χ2n) is 4.18. The molecule has 0 saturated carbocycles. The summed E-state index contributed by atoms with van der Waals surface area (Å²) in [5, 5.41) is 11.8. The highest BCUT2D eigenvalue weighted by Gasteiger charge is 2.14. The molecule has 1 heterocycles. The lowest BCUT2D eigenvalue weighted by Crippen LogP contribution is -2.35. The van der Waals surface area contributed by atoms with Gasteiger partial charge in [-0.1, -0.05) is 0 Å². The Labute approximate surface area is 91.0 Å². The molecule has 0 aromatic heterocycles. The summed E-state index contributed by atoms with van der Waals surface area (Å²) in [6, 6.07) is 0. The molecule has 0 aliphatic carbocycles. The Kier molecular flexibility index (Phi) is 5.65. The van der Waals surface area contributed by atoms with E-state index in [1.165, 1.54) is 6.42 Å². The van der Waals surface area contributed by atoms with E-state index >= 15 is 0 Å². The van der Waals surface area contributed by atoms with Crippen LogP contribution in [0.1, 0.15) is 39.0 Å². The van der Waals surface area contributed by atoms with Crippen LogP contribution in [0.3, 0.4) is 0 Å². The number of rotatable bonds is 5. The topological polar surface area (TPSA) is 58.6 Å². The zero-order chi connectivity index (χ0) is 11.1. The molecule has 1 rings (SSSR count). The van der Waals surface area contributed by atoms with Gasteiger partial charge >= 0.3 is 0 Å². The van der Waals surface area contributed by atoms with E-state index in [2.05, 4.69) is 5.32 Å². The third-order valence-electron chi connectivity index (χ3n) is 2.59. The van der Waals surface area contributed by atoms with Crippen LogP contribution in [-0.4, -0.2) is 36.4 Å². The Hall–Kier alpha value is -0.610. The highest BCUT2D eigenvalue weighted by Crippen LogP contribution is 2.11. The lowest BCUT2D eigenvalue weighted by Gasteiger charge is -2.22. The number of carbonyl (C=O) groups excluding carboxylic acids is 1. The van der Waals surface area contributed by atoms with Crippen molar-refractivity contribution in [2.24, 2.45) is 0 Å². The highest BCUT2D eigenvalue weighted by atomic mass is 16.5. The lowest BCUT2D eigenvalue weighted by atomic mass is 10.1. The van der Waals surface area contributed by atoms with Gasteiger partial charge in [-0.2, -0.15) is 0 Å². The normalized spacial score (nSPS) is 23.5. The molecule has 2 unspecified atom stereocenters. The highest BCUT2D eigenvalue weighted by molar-refractivity contribution is 5.75. The summed E-state index contributed by atoms with van der Waals surface area (Å²) in [4.78, 5) is 11.3. The van der Waals surface area contributed by atoms with Gasteiger partial charge in [0.05, 0.1) is 12.2 Å². The molecule has 1 saturated heterocycles. The summed E-state index contributed by atoms with van der Waals surface area (Å²) in [6.07, 6.45) is 4.06. The Bertz CT molecular complexity index is 188. The van der Waals surface area contributed by atoms with E-state index in [-0.39, 0.29) is 12.0 Å². The van der Waals surface area contributed by atoms with Gasteiger partial charge in [-0.15, -0.1) is 0 Å². The van der Waals surface area contributed by atoms with Crippen LogP contribution in [0.25, 0.3) is 0 Å². The van der Waals surface area contributed by atoms with E-state index in [0.29, 0.717) is 19.4 Å². The predicted octanol–water partition coefficient (Wildman–Crippen LogP) is 0.833. The maximum Gasteiger partial charge on any atom is 0.220 e. The summed E-state index contributed by atoms with van der Waals surface area (Å²) < 4.78 is 5.49. The molecule has 1 amide bonds. The number of carbonyl (C=O) groups is 1. The number of amides is 1. The summed E-state index contributed by atoms with van der Waals surface area (Å²) in [6.45, 7) is 3.12. The number of nitrogens with one attached hydrogen (secondary N) is 1. The maximum absolute atomic E-state index is 11.3. The fourth-order valence-electron chi connectivity index (χ4n) is 1.62. The van der Waals surface area contributed by atoms with E-state index in [0.717, 1.165) is 19.4 Å². The van der Waals surface area contributed by atoms with Crippen LogP contribution >= 0.6 is 0 Å². The van der Waals surface area contributed by atoms with Crippen LogP contribution < -0.4 is 5.32 Å². The van der Waals surface area contributed by atoms with Crippen LogP contribution in [0.4, 0.5) is 0 Å². The Balaban J connectivity index is 2.05. The summed E-state index contributed by atoms with van der Waals surface area (Å²) in [7, 11) is 0. The van der Waals surface area contributed by atoms with Crippen molar-refractivity contribution in [3.63, 3.8) is 0 Å². The lowest BCUT2D eigenvalue weighted by molar-refractivity contribution is -0.122. The van der Waals surface area contributed by atoms with E-state index in [9.17, 15) is 4.79 Å². The SMILES string of the molecule is CC(O)CCC(=O)NCC1CCCCO1. The van der Waals surface area contributed by atoms with Crippen molar-refractivity contribution < 1.29 is 14.6 Å². The number of hydrogen-bond acceptors (Lipinski definition) is 3. The molecule has 0 spiro atoms. The molecule has 2 atom stereocenters. The molecule has 4 heteroatoms. The second-order valence-corrected chi connectivity index (χ2v) is 4.18. The molecule has 15 heavy (non-hydrogen) atoms. The average Bonchev–Trinajstić information content (AvgIpc) is 2.25. The van der Waals surface area contributed by atoms with Crippen molar-refractivity contribution in [2.45, 2.75) is 51.2 Å². The molecule has 1 fully saturated rings. The fraction of sp³-hybridized carbons (Fsp3) is 0.909. The molecular formula is C11H21NO3. The van der Waals surface area contributed by atoms with E-state index in [1.807, 2.05) is 0 Å². The van der Waals surface area contributed by atoms with Crippen LogP contribution in [-0.2, 0) is 9.53 Å². The quantitative estimate of drug-likeness (QED) is 0.714. The minimum Gasteiger partial charge on any atom is -0.393 e. The number of aliphatic hydroxyl groups excluding tert-OH is 1. The minimum absolute atomic E-state index is 0.00470. The van der Waals surface area contributed by atoms with Crippen molar-refractivity contribution in [3.8, 4) is 0 Å². The third-order valence-corrected chi connectivity index (χ3v) is 2.59. The van der Waals surface area contributed by atoms with Gasteiger partial charge < -0.3 is 15.2 Å². The Morgan fingerprint density at radius 1 is 1.60 bits per heavy atom. The van der Waals surface area contributed by atoms with E-state index in [4.69, 9.17) is 9.84 Å². The van der Waals surface area contributed by atoms with Crippen LogP contribution in [0.2, 0.25) is 0 Å². The zero-order valence-electron chi connectivity index (χ0n) is 9.37. The number of hydrogen-bond donors (Lipinski definition) is 2. The fourth-order valence-corrected chi connectivity index (χ4v) is 1.62. The average molecular weight is 215 g/mol. The van der Waals surface area contributed by atoms with E-state index in [1.54, 1.807) is 6.92 Å². The first-order chi connectivity index (χ1) is 7.18. The van der Waals surface area contributed by atoms with Crippen molar-refractivity contribution in [1.29, 1.82) is 0 Å². The van der Waals surface area contributed by atoms with Crippen molar-refractivity contribution >= 4 is 5.91 Å². The molecule has 0 aromatic carbocycles. The maximum atomic E-state index is 11.3. The van der Waals surface area contributed by atoms with Crippen molar-refractivity contribution in [2.75, 3.05) is 13.2 Å². The molecule has 0 radical (unpaired) electrons. The van der Waals surface area contributed by atoms with Gasteiger partial charge in [0.25, 0.3) is 0 Å². The first-order valence-corrected chi connectivity index (χ1v) is 5.75. The summed E-state index contributed by atoms with van der Waals surface area (Å²) in [5.41, 5.74) is 0. The minimum atomic E-state index is -0.401. The van der Waals surface area contributed by atoms with Gasteiger partial charge in [-0.25, -0.2) is 0 Å². The number of aliphatic hydroxyl groups is 1. The van der Waals surface area contributed by atoms with Crippen LogP contribution in [0.15, 0.2) is 0 Å². The van der Waals surface area contributed by atoms with Crippen molar-refractivity contribution in [3.05, 3.63) is 0 Å². The molecule has 0 bridgehead atoms. The van der Waals surface area contributed by atoms with Gasteiger partial charge in [0.1, 0.15) is 0 Å². The number of ether oxygens (including phenoxy) is 1. The molecule has 0 aromatic rings. The molecule has 4 nitrogen and oxygen atoms in total. The summed E-state index contributed by atoms with van der Waals surface area (Å²) >= 11 is 0. The molecule has 2 N–H and O–H groups in total.